The number of ether oxygens (including phenoxy) is 1. The SMILES string of the molecule is CN=C(NCc1ccnc(N2CCOC(C)C2)c1)NC1CCN(C(=O)C(C)C)C1. The van der Waals surface area contributed by atoms with E-state index in [1.165, 1.54) is 0 Å². The molecule has 2 unspecified atom stereocenters. The van der Waals surface area contributed by atoms with E-state index in [2.05, 4.69) is 38.5 Å². The number of hydrogen-bond acceptors (Lipinski definition) is 5. The number of carbonyl (C=O) groups excluding carboxylic acids is 1. The Bertz CT molecular complexity index is 723. The van der Waals surface area contributed by atoms with Crippen LogP contribution in [0.5, 0.6) is 0 Å². The fourth-order valence-electron chi connectivity index (χ4n) is 3.79. The van der Waals surface area contributed by atoms with Crippen molar-refractivity contribution < 1.29 is 9.53 Å². The first kappa shape index (κ1) is 21.4. The lowest BCUT2D eigenvalue weighted by Gasteiger charge is -2.32. The summed E-state index contributed by atoms with van der Waals surface area (Å²) in [4.78, 5) is 25.2. The third kappa shape index (κ3) is 5.82. The molecule has 2 aliphatic rings. The van der Waals surface area contributed by atoms with Gasteiger partial charge >= 0.3 is 0 Å². The molecule has 8 nitrogen and oxygen atoms in total. The maximum absolute atomic E-state index is 12.2. The summed E-state index contributed by atoms with van der Waals surface area (Å²) in [5.74, 6) is 2.01. The molecule has 2 fully saturated rings. The van der Waals surface area contributed by atoms with Crippen LogP contribution in [0.4, 0.5) is 5.82 Å². The number of anilines is 1. The van der Waals surface area contributed by atoms with Crippen molar-refractivity contribution in [1.82, 2.24) is 20.5 Å². The second-order valence-electron chi connectivity index (χ2n) is 8.14. The number of amides is 1. The van der Waals surface area contributed by atoms with Gasteiger partial charge in [-0.2, -0.15) is 0 Å². The van der Waals surface area contributed by atoms with Crippen molar-refractivity contribution in [2.45, 2.75) is 45.9 Å². The Kier molecular flexibility index (Phi) is 7.30. The van der Waals surface area contributed by atoms with Crippen molar-refractivity contribution in [1.29, 1.82) is 0 Å². The lowest BCUT2D eigenvalue weighted by molar-refractivity contribution is -0.133. The minimum atomic E-state index is 0.0431. The fourth-order valence-corrected chi connectivity index (χ4v) is 3.79. The normalized spacial score (nSPS) is 22.9. The number of guanidine groups is 1. The minimum absolute atomic E-state index is 0.0431. The lowest BCUT2D eigenvalue weighted by Crippen LogP contribution is -2.45. The summed E-state index contributed by atoms with van der Waals surface area (Å²) in [6, 6.07) is 4.37. The Morgan fingerprint density at radius 3 is 2.93 bits per heavy atom. The van der Waals surface area contributed by atoms with Gasteiger partial charge in [0.25, 0.3) is 0 Å². The Balaban J connectivity index is 1.51. The van der Waals surface area contributed by atoms with E-state index in [0.29, 0.717) is 6.54 Å². The van der Waals surface area contributed by atoms with E-state index in [-0.39, 0.29) is 24.0 Å². The standard InChI is InChI=1S/C21H34N6O2/c1-15(2)20(28)27-8-6-18(14-27)25-21(22-4)24-12-17-5-7-23-19(11-17)26-9-10-29-16(3)13-26/h5,7,11,15-16,18H,6,8-10,12-14H2,1-4H3,(H2,22,24,25). The van der Waals surface area contributed by atoms with Crippen molar-refractivity contribution in [3.8, 4) is 0 Å². The molecule has 29 heavy (non-hydrogen) atoms. The molecule has 2 atom stereocenters. The lowest BCUT2D eigenvalue weighted by atomic mass is 10.2. The number of pyridine rings is 1. The molecule has 2 N–H and O–H groups in total. The van der Waals surface area contributed by atoms with Crippen LogP contribution in [0, 0.1) is 5.92 Å². The van der Waals surface area contributed by atoms with Crippen molar-refractivity contribution in [3.63, 3.8) is 0 Å². The second kappa shape index (κ2) is 9.91. The number of likely N-dealkylation sites (tertiary alicyclic amines) is 1. The molecular weight excluding hydrogens is 368 g/mol. The van der Waals surface area contributed by atoms with E-state index in [0.717, 1.165) is 56.5 Å². The molecule has 0 aliphatic carbocycles. The first-order valence-corrected chi connectivity index (χ1v) is 10.5. The van der Waals surface area contributed by atoms with Crippen LogP contribution in [0.1, 0.15) is 32.8 Å². The highest BCUT2D eigenvalue weighted by Gasteiger charge is 2.28. The number of aliphatic imine (C=N–C) groups is 1. The van der Waals surface area contributed by atoms with E-state index >= 15 is 0 Å². The number of nitrogens with zero attached hydrogens (tertiary/aromatic N) is 4. The molecule has 1 aromatic rings. The first-order chi connectivity index (χ1) is 14.0. The van der Waals surface area contributed by atoms with Gasteiger partial charge < -0.3 is 25.2 Å². The smallest absolute Gasteiger partial charge is 0.225 e. The van der Waals surface area contributed by atoms with Crippen LogP contribution >= 0.6 is 0 Å². The Morgan fingerprint density at radius 2 is 2.21 bits per heavy atom. The van der Waals surface area contributed by atoms with Gasteiger partial charge in [-0.3, -0.25) is 9.79 Å². The third-order valence-corrected chi connectivity index (χ3v) is 5.39. The molecule has 1 amide bonds. The van der Waals surface area contributed by atoms with E-state index < -0.39 is 0 Å². The Labute approximate surface area is 173 Å². The fraction of sp³-hybridized carbons (Fsp3) is 0.667. The average molecular weight is 403 g/mol. The van der Waals surface area contributed by atoms with Crippen molar-refractivity contribution >= 4 is 17.7 Å². The molecule has 3 heterocycles. The number of morpholine rings is 1. The molecular formula is C21H34N6O2. The first-order valence-electron chi connectivity index (χ1n) is 10.5. The van der Waals surface area contributed by atoms with Crippen LogP contribution < -0.4 is 15.5 Å². The van der Waals surface area contributed by atoms with Crippen molar-refractivity contribution in [2.75, 3.05) is 44.7 Å². The molecule has 0 spiro atoms. The monoisotopic (exact) mass is 402 g/mol. The van der Waals surface area contributed by atoms with E-state index in [4.69, 9.17) is 4.74 Å². The maximum atomic E-state index is 12.2. The summed E-state index contributed by atoms with van der Waals surface area (Å²) < 4.78 is 5.62. The topological polar surface area (TPSA) is 82.1 Å². The molecule has 0 bridgehead atoms. The highest BCUT2D eigenvalue weighted by Crippen LogP contribution is 2.16. The third-order valence-electron chi connectivity index (χ3n) is 5.39. The zero-order chi connectivity index (χ0) is 20.8. The summed E-state index contributed by atoms with van der Waals surface area (Å²) in [5.41, 5.74) is 1.15. The van der Waals surface area contributed by atoms with Crippen LogP contribution in [-0.2, 0) is 16.1 Å². The maximum Gasteiger partial charge on any atom is 0.225 e. The zero-order valence-corrected chi connectivity index (χ0v) is 18.0. The van der Waals surface area contributed by atoms with Crippen LogP contribution in [0.3, 0.4) is 0 Å². The van der Waals surface area contributed by atoms with Gasteiger partial charge in [0, 0.05) is 57.9 Å². The van der Waals surface area contributed by atoms with Gasteiger partial charge in [0.1, 0.15) is 5.82 Å². The van der Waals surface area contributed by atoms with Crippen molar-refractivity contribution in [3.05, 3.63) is 23.9 Å². The summed E-state index contributed by atoms with van der Waals surface area (Å²) in [6.45, 7) is 10.6. The summed E-state index contributed by atoms with van der Waals surface area (Å²) in [6.07, 6.45) is 3.02. The summed E-state index contributed by atoms with van der Waals surface area (Å²) >= 11 is 0. The molecule has 3 rings (SSSR count). The molecule has 0 saturated carbocycles. The number of rotatable bonds is 5. The molecule has 160 valence electrons. The van der Waals surface area contributed by atoms with Gasteiger partial charge in [0.15, 0.2) is 5.96 Å². The molecule has 1 aromatic heterocycles. The van der Waals surface area contributed by atoms with Gasteiger partial charge in [0.2, 0.25) is 5.91 Å². The highest BCUT2D eigenvalue weighted by atomic mass is 16.5. The van der Waals surface area contributed by atoms with E-state index in [1.807, 2.05) is 31.0 Å². The van der Waals surface area contributed by atoms with Gasteiger partial charge in [0.05, 0.1) is 12.7 Å². The Morgan fingerprint density at radius 1 is 1.38 bits per heavy atom. The second-order valence-corrected chi connectivity index (χ2v) is 8.14. The van der Waals surface area contributed by atoms with E-state index in [1.54, 1.807) is 7.05 Å². The highest BCUT2D eigenvalue weighted by molar-refractivity contribution is 5.81. The van der Waals surface area contributed by atoms with Crippen molar-refractivity contribution in [2.24, 2.45) is 10.9 Å². The van der Waals surface area contributed by atoms with Gasteiger partial charge in [-0.1, -0.05) is 13.8 Å². The summed E-state index contributed by atoms with van der Waals surface area (Å²) in [7, 11) is 1.77. The summed E-state index contributed by atoms with van der Waals surface area (Å²) in [5, 5.41) is 6.83. The van der Waals surface area contributed by atoms with Crippen LogP contribution in [0.2, 0.25) is 0 Å². The molecule has 8 heteroatoms. The average Bonchev–Trinajstić information content (AvgIpc) is 3.19. The zero-order valence-electron chi connectivity index (χ0n) is 18.0. The minimum Gasteiger partial charge on any atom is -0.375 e. The largest absolute Gasteiger partial charge is 0.375 e. The van der Waals surface area contributed by atoms with E-state index in [9.17, 15) is 4.79 Å². The molecule has 0 radical (unpaired) electrons. The predicted octanol–water partition coefficient (Wildman–Crippen LogP) is 1.23. The van der Waals surface area contributed by atoms with Crippen LogP contribution in [0.25, 0.3) is 0 Å². The quantitative estimate of drug-likeness (QED) is 0.570. The van der Waals surface area contributed by atoms with Gasteiger partial charge in [-0.05, 0) is 31.0 Å². The van der Waals surface area contributed by atoms with Gasteiger partial charge in [-0.25, -0.2) is 4.98 Å². The van der Waals surface area contributed by atoms with Gasteiger partial charge in [-0.15, -0.1) is 0 Å². The molecule has 2 saturated heterocycles. The van der Waals surface area contributed by atoms with Crippen LogP contribution in [0.15, 0.2) is 23.3 Å². The Hall–Kier alpha value is -2.35. The molecule has 2 aliphatic heterocycles. The number of hydrogen-bond donors (Lipinski definition) is 2. The predicted molar refractivity (Wildman–Crippen MR) is 115 cm³/mol. The number of nitrogens with one attached hydrogen (secondary N) is 2. The number of carbonyl (C=O) groups is 1. The van der Waals surface area contributed by atoms with Crippen LogP contribution in [-0.4, -0.2) is 73.7 Å². The number of aromatic nitrogens is 1. The molecule has 0 aromatic carbocycles.